The number of benzene rings is 1. The third-order valence-electron chi connectivity index (χ3n) is 4.12. The van der Waals surface area contributed by atoms with Crippen LogP contribution in [0.3, 0.4) is 0 Å². The number of methoxy groups -OCH3 is 1. The molecular weight excluding hydrogens is 382 g/mol. The highest BCUT2D eigenvalue weighted by Crippen LogP contribution is 2.34. The van der Waals surface area contributed by atoms with Gasteiger partial charge in [0.15, 0.2) is 5.16 Å². The summed E-state index contributed by atoms with van der Waals surface area (Å²) in [5.74, 6) is 0.0656. The molecule has 0 bridgehead atoms. The fourth-order valence-electron chi connectivity index (χ4n) is 2.87. The molecule has 1 amide bonds. The van der Waals surface area contributed by atoms with Crippen molar-refractivity contribution in [3.8, 4) is 0 Å². The molecule has 0 radical (unpaired) electrons. The van der Waals surface area contributed by atoms with E-state index in [4.69, 9.17) is 4.74 Å². The van der Waals surface area contributed by atoms with Gasteiger partial charge in [0.1, 0.15) is 0 Å². The van der Waals surface area contributed by atoms with Gasteiger partial charge in [-0.25, -0.2) is 4.98 Å². The van der Waals surface area contributed by atoms with E-state index in [2.05, 4.69) is 17.2 Å². The zero-order valence-corrected chi connectivity index (χ0v) is 17.3. The second-order valence-corrected chi connectivity index (χ2v) is 8.85. The van der Waals surface area contributed by atoms with Gasteiger partial charge in [0.05, 0.1) is 29.5 Å². The van der Waals surface area contributed by atoms with Gasteiger partial charge in [-0.1, -0.05) is 30.8 Å². The van der Waals surface area contributed by atoms with E-state index in [0.29, 0.717) is 23.6 Å². The number of ether oxygens (including phenoxy) is 1. The van der Waals surface area contributed by atoms with Crippen molar-refractivity contribution < 1.29 is 9.53 Å². The number of hydrogen-bond donors (Lipinski definition) is 1. The number of nitrogens with zero attached hydrogens (tertiary/aromatic N) is 2. The molecule has 1 N–H and O–H groups in total. The highest BCUT2D eigenvalue weighted by molar-refractivity contribution is 8.00. The molecule has 1 aliphatic rings. The minimum absolute atomic E-state index is 0.0343. The number of aromatic nitrogens is 2. The lowest BCUT2D eigenvalue weighted by molar-refractivity contribution is -0.113. The van der Waals surface area contributed by atoms with Gasteiger partial charge in [-0.05, 0) is 24.6 Å². The number of thioether (sulfide) groups is 2. The van der Waals surface area contributed by atoms with Crippen LogP contribution in [0.5, 0.6) is 0 Å². The van der Waals surface area contributed by atoms with E-state index in [0.717, 1.165) is 28.3 Å². The van der Waals surface area contributed by atoms with Crippen LogP contribution >= 0.6 is 23.5 Å². The summed E-state index contributed by atoms with van der Waals surface area (Å²) in [6.45, 7) is 4.91. The first-order valence-corrected chi connectivity index (χ1v) is 10.6. The summed E-state index contributed by atoms with van der Waals surface area (Å²) in [5.41, 5.74) is 2.66. The number of hydrogen-bond acceptors (Lipinski definition) is 6. The van der Waals surface area contributed by atoms with Gasteiger partial charge in [0, 0.05) is 24.5 Å². The topological polar surface area (TPSA) is 73.2 Å². The number of amides is 1. The summed E-state index contributed by atoms with van der Waals surface area (Å²) in [7, 11) is 1.60. The Bertz CT molecular complexity index is 898. The van der Waals surface area contributed by atoms with Crippen molar-refractivity contribution in [2.45, 2.75) is 42.1 Å². The number of rotatable bonds is 7. The predicted molar refractivity (Wildman–Crippen MR) is 110 cm³/mol. The third kappa shape index (κ3) is 4.94. The monoisotopic (exact) mass is 405 g/mol. The largest absolute Gasteiger partial charge is 0.383 e. The lowest BCUT2D eigenvalue weighted by Gasteiger charge is -2.13. The zero-order valence-electron chi connectivity index (χ0n) is 15.7. The maximum Gasteiger partial charge on any atom is 0.268 e. The van der Waals surface area contributed by atoms with Crippen LogP contribution in [0.15, 0.2) is 39.1 Å². The highest BCUT2D eigenvalue weighted by atomic mass is 32.2. The van der Waals surface area contributed by atoms with Crippen molar-refractivity contribution in [2.75, 3.05) is 24.8 Å². The lowest BCUT2D eigenvalue weighted by atomic mass is 10.2. The maximum absolute atomic E-state index is 12.8. The summed E-state index contributed by atoms with van der Waals surface area (Å²) >= 11 is 2.86. The van der Waals surface area contributed by atoms with E-state index >= 15 is 0 Å². The van der Waals surface area contributed by atoms with Gasteiger partial charge in [-0.3, -0.25) is 14.2 Å². The van der Waals surface area contributed by atoms with Gasteiger partial charge in [0.25, 0.3) is 5.56 Å². The molecular formula is C19H23N3O3S2. The molecule has 1 aromatic heterocycles. The van der Waals surface area contributed by atoms with E-state index in [1.807, 2.05) is 31.2 Å². The molecule has 2 aromatic rings. The summed E-state index contributed by atoms with van der Waals surface area (Å²) in [6.07, 6.45) is 0.781. The van der Waals surface area contributed by atoms with Crippen molar-refractivity contribution in [3.05, 3.63) is 45.9 Å². The van der Waals surface area contributed by atoms with Crippen LogP contribution < -0.4 is 10.9 Å². The maximum atomic E-state index is 12.8. The molecule has 1 aromatic carbocycles. The molecule has 3 rings (SSSR count). The Kier molecular flexibility index (Phi) is 6.62. The van der Waals surface area contributed by atoms with E-state index < -0.39 is 0 Å². The number of carbonyl (C=O) groups excluding carboxylic acids is 1. The minimum atomic E-state index is -0.124. The van der Waals surface area contributed by atoms with Crippen molar-refractivity contribution in [1.82, 2.24) is 9.55 Å². The van der Waals surface area contributed by atoms with E-state index in [9.17, 15) is 9.59 Å². The second kappa shape index (κ2) is 8.95. The van der Waals surface area contributed by atoms with Crippen LogP contribution in [-0.2, 0) is 22.5 Å². The molecule has 0 saturated heterocycles. The Hall–Kier alpha value is -1.77. The molecule has 0 aliphatic carbocycles. The van der Waals surface area contributed by atoms with Crippen molar-refractivity contribution in [1.29, 1.82) is 0 Å². The van der Waals surface area contributed by atoms with Crippen LogP contribution in [0.4, 0.5) is 5.69 Å². The van der Waals surface area contributed by atoms with Crippen LogP contribution in [0.2, 0.25) is 0 Å². The molecule has 144 valence electrons. The number of anilines is 1. The molecule has 2 heterocycles. The molecule has 1 atom stereocenters. The predicted octanol–water partition coefficient (Wildman–Crippen LogP) is 2.97. The van der Waals surface area contributed by atoms with Crippen molar-refractivity contribution in [2.24, 2.45) is 0 Å². The SMILES string of the molecule is COCCn1c(SCC(=O)Nc2cccc(C)c2)nc2c(c1=O)S[C@@H](C)C2. The summed E-state index contributed by atoms with van der Waals surface area (Å²) in [5, 5.41) is 3.81. The molecule has 0 saturated carbocycles. The molecule has 8 heteroatoms. The Balaban J connectivity index is 1.75. The normalized spacial score (nSPS) is 15.6. The lowest BCUT2D eigenvalue weighted by Crippen LogP contribution is -2.27. The van der Waals surface area contributed by atoms with Crippen LogP contribution in [-0.4, -0.2) is 40.2 Å². The Labute approximate surface area is 167 Å². The molecule has 1 aliphatic heterocycles. The summed E-state index contributed by atoms with van der Waals surface area (Å²) < 4.78 is 6.75. The van der Waals surface area contributed by atoms with Crippen LogP contribution in [0.1, 0.15) is 18.2 Å². The molecule has 6 nitrogen and oxygen atoms in total. The number of nitrogens with one attached hydrogen (secondary N) is 1. The Morgan fingerprint density at radius 2 is 2.30 bits per heavy atom. The molecule has 0 unspecified atom stereocenters. The third-order valence-corrected chi connectivity index (χ3v) is 6.31. The van der Waals surface area contributed by atoms with E-state index in [1.54, 1.807) is 23.4 Å². The highest BCUT2D eigenvalue weighted by Gasteiger charge is 2.26. The average Bonchev–Trinajstić information content (AvgIpc) is 3.00. The van der Waals surface area contributed by atoms with Gasteiger partial charge in [0.2, 0.25) is 5.91 Å². The van der Waals surface area contributed by atoms with Gasteiger partial charge < -0.3 is 10.1 Å². The average molecular weight is 406 g/mol. The van der Waals surface area contributed by atoms with Crippen molar-refractivity contribution >= 4 is 35.1 Å². The van der Waals surface area contributed by atoms with Crippen LogP contribution in [0, 0.1) is 6.92 Å². The first kappa shape index (κ1) is 20.0. The first-order chi connectivity index (χ1) is 13.0. The van der Waals surface area contributed by atoms with Gasteiger partial charge in [-0.15, -0.1) is 11.8 Å². The second-order valence-electron chi connectivity index (χ2n) is 6.46. The van der Waals surface area contributed by atoms with Gasteiger partial charge in [-0.2, -0.15) is 0 Å². The van der Waals surface area contributed by atoms with Crippen LogP contribution in [0.25, 0.3) is 0 Å². The Morgan fingerprint density at radius 1 is 1.48 bits per heavy atom. The smallest absolute Gasteiger partial charge is 0.268 e. The molecule has 0 fully saturated rings. The number of fused-ring (bicyclic) bond motifs is 1. The summed E-state index contributed by atoms with van der Waals surface area (Å²) in [4.78, 5) is 30.6. The zero-order chi connectivity index (χ0) is 19.4. The molecule has 27 heavy (non-hydrogen) atoms. The van der Waals surface area contributed by atoms with E-state index in [-0.39, 0.29) is 17.2 Å². The fraction of sp³-hybridized carbons (Fsp3) is 0.421. The van der Waals surface area contributed by atoms with Gasteiger partial charge >= 0.3 is 0 Å². The fourth-order valence-corrected chi connectivity index (χ4v) is 4.83. The minimum Gasteiger partial charge on any atom is -0.383 e. The quantitative estimate of drug-likeness (QED) is 0.564. The van der Waals surface area contributed by atoms with E-state index in [1.165, 1.54) is 11.8 Å². The Morgan fingerprint density at radius 3 is 3.04 bits per heavy atom. The number of aryl methyl sites for hydroxylation is 1. The number of carbonyl (C=O) groups is 1. The van der Waals surface area contributed by atoms with Crippen molar-refractivity contribution in [3.63, 3.8) is 0 Å². The standard InChI is InChI=1S/C19H23N3O3S2/c1-12-5-4-6-14(9-12)20-16(23)11-26-19-21-15-10-13(2)27-17(15)18(24)22(19)7-8-25-3/h4-6,9,13H,7-8,10-11H2,1-3H3,(H,20,23)/t13-/m0/s1. The molecule has 0 spiro atoms. The summed E-state index contributed by atoms with van der Waals surface area (Å²) in [6, 6.07) is 7.66. The first-order valence-electron chi connectivity index (χ1n) is 8.76.